The molecule has 2 rings (SSSR count). The maximum atomic E-state index is 6.99. The van der Waals surface area contributed by atoms with Gasteiger partial charge >= 0.3 is 0 Å². The Morgan fingerprint density at radius 3 is 2.23 bits per heavy atom. The maximum Gasteiger partial charge on any atom is 0.217 e. The molecule has 7 heteroatoms. The lowest BCUT2D eigenvalue weighted by Gasteiger charge is -2.26. The summed E-state index contributed by atoms with van der Waals surface area (Å²) in [4.78, 5) is 8.99. The van der Waals surface area contributed by atoms with Crippen LogP contribution in [0.15, 0.2) is 48.1 Å². The van der Waals surface area contributed by atoms with E-state index in [4.69, 9.17) is 20.6 Å². The molecule has 0 amide bonds. The van der Waals surface area contributed by atoms with Crippen molar-refractivity contribution in [3.63, 3.8) is 0 Å². The quantitative estimate of drug-likeness (QED) is 0.289. The summed E-state index contributed by atoms with van der Waals surface area (Å²) < 4.78 is 11.2. The van der Waals surface area contributed by atoms with Crippen LogP contribution in [0, 0.1) is 5.41 Å². The number of pyridine rings is 1. The van der Waals surface area contributed by atoms with Crippen molar-refractivity contribution in [2.45, 2.75) is 54.4 Å². The minimum atomic E-state index is 0.515. The first-order valence-electron chi connectivity index (χ1n) is 12.8. The van der Waals surface area contributed by atoms with Crippen molar-refractivity contribution in [1.82, 2.24) is 9.88 Å². The smallest absolute Gasteiger partial charge is 0.217 e. The molecule has 0 spiro atoms. The standard InChI is InChI=1S/C17H30N4O2.C9H13N.C2H6/c1-3-5-21(6-4-2)15-13-16(18)19-17(14-15)23-12-9-20-7-10-22-11-8-20;1-7(2)5-9(6-10)8(3)4;1-2/h13-14H,3-12H2,1-2H3,(H2,18,19);5-6,10H,1,3H2,2,4H3;1-2H3/b;9-5-,10-6?;. The number of nitrogens with two attached hydrogens (primary N) is 1. The first-order chi connectivity index (χ1) is 16.8. The molecule has 0 atom stereocenters. The van der Waals surface area contributed by atoms with E-state index in [0.29, 0.717) is 18.3 Å². The second-order valence-electron chi connectivity index (χ2n) is 8.25. The van der Waals surface area contributed by atoms with Crippen LogP contribution < -0.4 is 15.4 Å². The van der Waals surface area contributed by atoms with Gasteiger partial charge in [0.15, 0.2) is 0 Å². The molecule has 1 aromatic rings. The van der Waals surface area contributed by atoms with E-state index in [0.717, 1.165) is 81.2 Å². The Kier molecular flexibility index (Phi) is 18.2. The number of morpholine rings is 1. The van der Waals surface area contributed by atoms with Crippen LogP contribution in [-0.4, -0.2) is 68.6 Å². The second kappa shape index (κ2) is 19.6. The number of anilines is 2. The van der Waals surface area contributed by atoms with Crippen LogP contribution in [0.25, 0.3) is 0 Å². The summed E-state index contributed by atoms with van der Waals surface area (Å²) in [5, 5.41) is 6.99. The summed E-state index contributed by atoms with van der Waals surface area (Å²) in [6, 6.07) is 3.93. The fourth-order valence-electron chi connectivity index (χ4n) is 3.34. The van der Waals surface area contributed by atoms with Crippen molar-refractivity contribution in [2.75, 3.05) is 63.2 Å². The molecular weight excluding hydrogens is 438 g/mol. The maximum absolute atomic E-state index is 6.99. The van der Waals surface area contributed by atoms with Crippen LogP contribution in [0.4, 0.5) is 11.5 Å². The zero-order valence-corrected chi connectivity index (χ0v) is 23.0. The molecule has 0 bridgehead atoms. The zero-order chi connectivity index (χ0) is 26.6. The van der Waals surface area contributed by atoms with Gasteiger partial charge in [0, 0.05) is 56.8 Å². The zero-order valence-electron chi connectivity index (χ0n) is 23.0. The molecular formula is C28H49N5O2. The topological polar surface area (TPSA) is 87.7 Å². The Balaban J connectivity index is 0.000000813. The van der Waals surface area contributed by atoms with Gasteiger partial charge in [-0.05, 0) is 37.8 Å². The SMILES string of the molecule is C=C(C)/C=C(/C=N)C(=C)C.CC.CCCN(CCC)c1cc(N)nc(OCCN2CCOCC2)c1. The van der Waals surface area contributed by atoms with E-state index in [2.05, 4.69) is 41.8 Å². The minimum absolute atomic E-state index is 0.515. The van der Waals surface area contributed by atoms with Gasteiger partial charge in [-0.1, -0.05) is 52.5 Å². The van der Waals surface area contributed by atoms with Crippen LogP contribution in [0.1, 0.15) is 54.4 Å². The molecule has 3 N–H and O–H groups in total. The Morgan fingerprint density at radius 2 is 1.77 bits per heavy atom. The van der Waals surface area contributed by atoms with Crippen molar-refractivity contribution in [2.24, 2.45) is 0 Å². The van der Waals surface area contributed by atoms with E-state index in [9.17, 15) is 0 Å². The van der Waals surface area contributed by atoms with Crippen LogP contribution >= 0.6 is 0 Å². The Labute approximate surface area is 214 Å². The minimum Gasteiger partial charge on any atom is -0.476 e. The third kappa shape index (κ3) is 14.4. The molecule has 0 aromatic carbocycles. The van der Waals surface area contributed by atoms with Crippen LogP contribution in [0.2, 0.25) is 0 Å². The number of nitrogens with zero attached hydrogens (tertiary/aromatic N) is 3. The molecule has 1 aromatic heterocycles. The fraction of sp³-hybridized carbons (Fsp3) is 0.571. The molecule has 1 aliphatic heterocycles. The van der Waals surface area contributed by atoms with Crippen LogP contribution in [0.3, 0.4) is 0 Å². The van der Waals surface area contributed by atoms with Crippen molar-refractivity contribution >= 4 is 17.7 Å². The van der Waals surface area contributed by atoms with E-state index in [-0.39, 0.29) is 0 Å². The third-order valence-corrected chi connectivity index (χ3v) is 4.97. The van der Waals surface area contributed by atoms with Gasteiger partial charge in [0.1, 0.15) is 12.4 Å². The van der Waals surface area contributed by atoms with Gasteiger partial charge in [-0.25, -0.2) is 0 Å². The highest BCUT2D eigenvalue weighted by molar-refractivity contribution is 5.82. The van der Waals surface area contributed by atoms with Crippen molar-refractivity contribution in [1.29, 1.82) is 5.41 Å². The molecule has 7 nitrogen and oxygen atoms in total. The third-order valence-electron chi connectivity index (χ3n) is 4.97. The average Bonchev–Trinajstić information content (AvgIpc) is 2.84. The number of rotatable bonds is 12. The molecule has 0 aliphatic carbocycles. The van der Waals surface area contributed by atoms with Gasteiger partial charge in [0.2, 0.25) is 5.88 Å². The number of nitrogens with one attached hydrogen (secondary N) is 1. The molecule has 198 valence electrons. The normalized spacial score (nSPS) is 13.5. The molecule has 1 aliphatic rings. The number of allylic oxidation sites excluding steroid dienone is 4. The largest absolute Gasteiger partial charge is 0.476 e. The van der Waals surface area contributed by atoms with E-state index >= 15 is 0 Å². The predicted molar refractivity (Wildman–Crippen MR) is 152 cm³/mol. The van der Waals surface area contributed by atoms with Gasteiger partial charge in [-0.15, -0.1) is 0 Å². The van der Waals surface area contributed by atoms with Crippen molar-refractivity contribution < 1.29 is 9.47 Å². The Morgan fingerprint density at radius 1 is 1.17 bits per heavy atom. The number of aromatic nitrogens is 1. The summed E-state index contributed by atoms with van der Waals surface area (Å²) in [5.74, 6) is 1.13. The van der Waals surface area contributed by atoms with Gasteiger partial charge in [0.05, 0.1) is 13.2 Å². The van der Waals surface area contributed by atoms with Gasteiger partial charge in [0.25, 0.3) is 0 Å². The van der Waals surface area contributed by atoms with Crippen molar-refractivity contribution in [3.8, 4) is 5.88 Å². The summed E-state index contributed by atoms with van der Waals surface area (Å²) in [6.07, 6.45) is 5.34. The van der Waals surface area contributed by atoms with Gasteiger partial charge in [-0.2, -0.15) is 4.98 Å². The number of nitrogen functional groups attached to an aromatic ring is 1. The molecule has 2 heterocycles. The highest BCUT2D eigenvalue weighted by Gasteiger charge is 2.12. The van der Waals surface area contributed by atoms with E-state index in [1.165, 1.54) is 6.21 Å². The lowest BCUT2D eigenvalue weighted by atomic mass is 10.1. The molecule has 1 fully saturated rings. The van der Waals surface area contributed by atoms with Gasteiger partial charge < -0.3 is 25.5 Å². The molecule has 0 unspecified atom stereocenters. The summed E-state index contributed by atoms with van der Waals surface area (Å²) in [5.41, 5.74) is 9.75. The number of hydrogen-bond donors (Lipinski definition) is 2. The van der Waals surface area contributed by atoms with Crippen LogP contribution in [0.5, 0.6) is 5.88 Å². The molecule has 0 radical (unpaired) electrons. The highest BCUT2D eigenvalue weighted by Crippen LogP contribution is 2.23. The average molecular weight is 488 g/mol. The highest BCUT2D eigenvalue weighted by atomic mass is 16.5. The van der Waals surface area contributed by atoms with E-state index in [1.807, 2.05) is 45.9 Å². The lowest BCUT2D eigenvalue weighted by Crippen LogP contribution is -2.38. The first kappa shape index (κ1) is 32.4. The van der Waals surface area contributed by atoms with Crippen LogP contribution in [-0.2, 0) is 4.74 Å². The van der Waals surface area contributed by atoms with Crippen molar-refractivity contribution in [3.05, 3.63) is 48.1 Å². The molecule has 35 heavy (non-hydrogen) atoms. The molecule has 1 saturated heterocycles. The second-order valence-corrected chi connectivity index (χ2v) is 8.25. The monoisotopic (exact) mass is 487 g/mol. The lowest BCUT2D eigenvalue weighted by molar-refractivity contribution is 0.0320. The summed E-state index contributed by atoms with van der Waals surface area (Å²) in [7, 11) is 0. The molecule has 0 saturated carbocycles. The summed E-state index contributed by atoms with van der Waals surface area (Å²) in [6.45, 7) is 26.7. The predicted octanol–water partition coefficient (Wildman–Crippen LogP) is 5.74. The van der Waals surface area contributed by atoms with E-state index in [1.54, 1.807) is 0 Å². The summed E-state index contributed by atoms with van der Waals surface area (Å²) >= 11 is 0. The number of hydrogen-bond acceptors (Lipinski definition) is 7. The fourth-order valence-corrected chi connectivity index (χ4v) is 3.34. The van der Waals surface area contributed by atoms with E-state index < -0.39 is 0 Å². The number of ether oxygens (including phenoxy) is 2. The Hall–Kier alpha value is -2.64. The first-order valence-corrected chi connectivity index (χ1v) is 12.8. The Bertz CT molecular complexity index is 780. The van der Waals surface area contributed by atoms with Gasteiger partial charge in [-0.3, -0.25) is 4.90 Å².